The molecule has 0 spiro atoms. The van der Waals surface area contributed by atoms with Gasteiger partial charge in [-0.1, -0.05) is 40.2 Å². The van der Waals surface area contributed by atoms with Gasteiger partial charge in [0.1, 0.15) is 0 Å². The minimum absolute atomic E-state index is 0.0458. The highest BCUT2D eigenvalue weighted by Gasteiger charge is 2.18. The number of nitrogens with zero attached hydrogens (tertiary/aromatic N) is 1. The molecule has 128 valence electrons. The molecule has 1 unspecified atom stereocenters. The zero-order valence-corrected chi connectivity index (χ0v) is 16.3. The summed E-state index contributed by atoms with van der Waals surface area (Å²) < 4.78 is 0.963. The molecule has 2 rings (SSSR count). The van der Waals surface area contributed by atoms with Crippen LogP contribution >= 0.6 is 27.7 Å². The molecule has 0 aliphatic heterocycles. The molecule has 0 aliphatic rings. The van der Waals surface area contributed by atoms with E-state index in [1.807, 2.05) is 43.3 Å². The molecule has 0 fully saturated rings. The third-order valence-electron chi connectivity index (χ3n) is 3.73. The lowest BCUT2D eigenvalue weighted by molar-refractivity contribution is 0.0982. The lowest BCUT2D eigenvalue weighted by Crippen LogP contribution is -2.09. The molecule has 0 amide bonds. The average molecular weight is 408 g/mol. The summed E-state index contributed by atoms with van der Waals surface area (Å²) in [6, 6.07) is 15.7. The lowest BCUT2D eigenvalue weighted by atomic mass is 10.0. The van der Waals surface area contributed by atoms with E-state index in [1.165, 1.54) is 0 Å². The fourth-order valence-corrected chi connectivity index (χ4v) is 3.65. The Hall–Kier alpha value is -1.30. The summed E-state index contributed by atoms with van der Waals surface area (Å²) in [6.07, 6.45) is 0.424. The molecular formula is C19H22BrNO2S. The van der Waals surface area contributed by atoms with Gasteiger partial charge >= 0.3 is 0 Å². The fraction of sp³-hybridized carbons (Fsp3) is 0.316. The molecule has 0 heterocycles. The van der Waals surface area contributed by atoms with Gasteiger partial charge in [-0.3, -0.25) is 4.79 Å². The van der Waals surface area contributed by atoms with Gasteiger partial charge in [-0.05, 0) is 29.8 Å². The number of hydrogen-bond donors (Lipinski definition) is 1. The molecule has 1 N–H and O–H groups in total. The van der Waals surface area contributed by atoms with Gasteiger partial charge in [0, 0.05) is 47.2 Å². The molecule has 0 aromatic heterocycles. The Bertz CT molecular complexity index is 656. The van der Waals surface area contributed by atoms with Crippen LogP contribution in [0.1, 0.15) is 27.6 Å². The summed E-state index contributed by atoms with van der Waals surface area (Å²) in [5.41, 5.74) is 2.96. The third kappa shape index (κ3) is 5.36. The van der Waals surface area contributed by atoms with Gasteiger partial charge < -0.3 is 10.0 Å². The standard InChI is InChI=1S/C19H22BrNO2S/c1-21(2)17-9-5-15(6-10-17)19(24-12-11-22)13-18(23)14-3-7-16(20)8-4-14/h3-10,19,22H,11-13H2,1-2H3. The zero-order chi connectivity index (χ0) is 17.5. The van der Waals surface area contributed by atoms with E-state index in [9.17, 15) is 4.79 Å². The Balaban J connectivity index is 2.15. The Labute approximate surface area is 156 Å². The van der Waals surface area contributed by atoms with Gasteiger partial charge in [0.05, 0.1) is 6.61 Å². The largest absolute Gasteiger partial charge is 0.396 e. The number of aliphatic hydroxyl groups excluding tert-OH is 1. The maximum Gasteiger partial charge on any atom is 0.164 e. The molecule has 0 bridgehead atoms. The molecule has 3 nitrogen and oxygen atoms in total. The van der Waals surface area contributed by atoms with Gasteiger partial charge in [0.25, 0.3) is 0 Å². The predicted molar refractivity (Wildman–Crippen MR) is 106 cm³/mol. The summed E-state index contributed by atoms with van der Waals surface area (Å²) in [5, 5.41) is 9.19. The number of Topliss-reactive ketones (excluding diaryl/α,β-unsaturated/α-hetero) is 1. The molecule has 1 atom stereocenters. The van der Waals surface area contributed by atoms with Crippen molar-refractivity contribution in [3.63, 3.8) is 0 Å². The van der Waals surface area contributed by atoms with Crippen molar-refractivity contribution in [2.45, 2.75) is 11.7 Å². The first-order valence-electron chi connectivity index (χ1n) is 7.79. The molecule has 2 aromatic carbocycles. The fourth-order valence-electron chi connectivity index (χ4n) is 2.38. The van der Waals surface area contributed by atoms with Crippen molar-refractivity contribution in [1.29, 1.82) is 0 Å². The summed E-state index contributed by atoms with van der Waals surface area (Å²) >= 11 is 5.01. The maximum absolute atomic E-state index is 12.6. The van der Waals surface area contributed by atoms with Gasteiger partial charge in [-0.25, -0.2) is 0 Å². The number of hydrogen-bond acceptors (Lipinski definition) is 4. The van der Waals surface area contributed by atoms with Crippen LogP contribution in [0.2, 0.25) is 0 Å². The van der Waals surface area contributed by atoms with Crippen LogP contribution in [0.4, 0.5) is 5.69 Å². The van der Waals surface area contributed by atoms with Gasteiger partial charge in [-0.2, -0.15) is 11.8 Å². The summed E-state index contributed by atoms with van der Waals surface area (Å²) in [6.45, 7) is 0.115. The minimum Gasteiger partial charge on any atom is -0.396 e. The summed E-state index contributed by atoms with van der Waals surface area (Å²) in [4.78, 5) is 14.6. The molecule has 24 heavy (non-hydrogen) atoms. The second-order valence-corrected chi connectivity index (χ2v) is 7.93. The van der Waals surface area contributed by atoms with Crippen molar-refractivity contribution >= 4 is 39.2 Å². The van der Waals surface area contributed by atoms with E-state index in [2.05, 4.69) is 40.2 Å². The SMILES string of the molecule is CN(C)c1ccc(C(CC(=O)c2ccc(Br)cc2)SCCO)cc1. The van der Waals surface area contributed by atoms with E-state index in [-0.39, 0.29) is 17.6 Å². The topological polar surface area (TPSA) is 40.5 Å². The smallest absolute Gasteiger partial charge is 0.164 e. The summed E-state index contributed by atoms with van der Waals surface area (Å²) in [7, 11) is 4.01. The molecule has 0 radical (unpaired) electrons. The number of carbonyl (C=O) groups excluding carboxylic acids is 1. The van der Waals surface area contributed by atoms with Gasteiger partial charge in [0.15, 0.2) is 5.78 Å². The van der Waals surface area contributed by atoms with Crippen LogP contribution < -0.4 is 4.90 Å². The summed E-state index contributed by atoms with van der Waals surface area (Å²) in [5.74, 6) is 0.739. The van der Waals surface area contributed by atoms with Crippen LogP contribution in [0.3, 0.4) is 0 Å². The average Bonchev–Trinajstić information content (AvgIpc) is 2.59. The van der Waals surface area contributed by atoms with Crippen LogP contribution in [0, 0.1) is 0 Å². The van der Waals surface area contributed by atoms with Crippen LogP contribution in [0.25, 0.3) is 0 Å². The molecular weight excluding hydrogens is 386 g/mol. The number of anilines is 1. The van der Waals surface area contributed by atoms with Gasteiger partial charge in [-0.15, -0.1) is 0 Å². The van der Waals surface area contributed by atoms with Crippen LogP contribution in [-0.4, -0.2) is 37.3 Å². The number of rotatable bonds is 8. The molecule has 5 heteroatoms. The highest BCUT2D eigenvalue weighted by atomic mass is 79.9. The van der Waals surface area contributed by atoms with E-state index in [4.69, 9.17) is 5.11 Å². The van der Waals surface area contributed by atoms with Crippen LogP contribution in [0.5, 0.6) is 0 Å². The Morgan fingerprint density at radius 3 is 2.29 bits per heavy atom. The number of carbonyl (C=O) groups is 1. The number of thioether (sulfide) groups is 1. The Morgan fingerprint density at radius 1 is 1.12 bits per heavy atom. The second kappa shape index (κ2) is 9.25. The first-order valence-corrected chi connectivity index (χ1v) is 9.64. The second-order valence-electron chi connectivity index (χ2n) is 5.70. The first-order chi connectivity index (χ1) is 11.5. The van der Waals surface area contributed by atoms with Crippen LogP contribution in [-0.2, 0) is 0 Å². The number of ketones is 1. The zero-order valence-electron chi connectivity index (χ0n) is 13.9. The monoisotopic (exact) mass is 407 g/mol. The number of halogens is 1. The van der Waals surface area contributed by atoms with Crippen molar-refractivity contribution in [3.05, 3.63) is 64.1 Å². The molecule has 0 saturated heterocycles. The van der Waals surface area contributed by atoms with Crippen LogP contribution in [0.15, 0.2) is 53.0 Å². The normalized spacial score (nSPS) is 12.0. The van der Waals surface area contributed by atoms with E-state index < -0.39 is 0 Å². The molecule has 2 aromatic rings. The van der Waals surface area contributed by atoms with Crippen molar-refractivity contribution < 1.29 is 9.90 Å². The van der Waals surface area contributed by atoms with E-state index >= 15 is 0 Å². The van der Waals surface area contributed by atoms with Crippen molar-refractivity contribution in [2.24, 2.45) is 0 Å². The van der Waals surface area contributed by atoms with E-state index in [0.717, 1.165) is 21.3 Å². The highest BCUT2D eigenvalue weighted by molar-refractivity contribution is 9.10. The predicted octanol–water partition coefficient (Wildman–Crippen LogP) is 4.55. The number of benzene rings is 2. The Kier molecular flexibility index (Phi) is 7.34. The van der Waals surface area contributed by atoms with Crippen molar-refractivity contribution in [1.82, 2.24) is 0 Å². The van der Waals surface area contributed by atoms with Crippen molar-refractivity contribution in [2.75, 3.05) is 31.4 Å². The lowest BCUT2D eigenvalue weighted by Gasteiger charge is -2.18. The molecule has 0 aliphatic carbocycles. The van der Waals surface area contributed by atoms with E-state index in [0.29, 0.717) is 12.2 Å². The first kappa shape index (κ1) is 19.0. The Morgan fingerprint density at radius 2 is 1.75 bits per heavy atom. The van der Waals surface area contributed by atoms with E-state index in [1.54, 1.807) is 11.8 Å². The van der Waals surface area contributed by atoms with Crippen molar-refractivity contribution in [3.8, 4) is 0 Å². The maximum atomic E-state index is 12.6. The third-order valence-corrected chi connectivity index (χ3v) is 5.52. The molecule has 0 saturated carbocycles. The van der Waals surface area contributed by atoms with Gasteiger partial charge in [0.2, 0.25) is 0 Å². The minimum atomic E-state index is 0.0458. The number of aliphatic hydroxyl groups is 1. The highest BCUT2D eigenvalue weighted by Crippen LogP contribution is 2.34. The quantitative estimate of drug-likeness (QED) is 0.651.